The van der Waals surface area contributed by atoms with Crippen LogP contribution in [0.25, 0.3) is 0 Å². The van der Waals surface area contributed by atoms with Crippen LogP contribution in [0, 0.1) is 5.82 Å². The highest BCUT2D eigenvalue weighted by molar-refractivity contribution is 6.44. The van der Waals surface area contributed by atoms with Gasteiger partial charge in [-0.1, -0.05) is 0 Å². The van der Waals surface area contributed by atoms with Gasteiger partial charge in [0.2, 0.25) is 5.91 Å². The molecule has 11 heteroatoms. The first kappa shape index (κ1) is 24.1. The van der Waals surface area contributed by atoms with E-state index in [4.69, 9.17) is 10.5 Å². The number of primary amides is 1. The van der Waals surface area contributed by atoms with E-state index < -0.39 is 23.7 Å². The number of carbonyl (C=O) groups excluding carboxylic acids is 3. The summed E-state index contributed by atoms with van der Waals surface area (Å²) in [4.78, 5) is 42.0. The summed E-state index contributed by atoms with van der Waals surface area (Å²) < 4.78 is 18.7. The molecule has 2 aliphatic heterocycles. The molecule has 1 fully saturated rings. The molecular formula is C24H27FN6O4. The minimum absolute atomic E-state index is 0.0270. The fourth-order valence-corrected chi connectivity index (χ4v) is 4.03. The molecule has 0 aromatic heterocycles. The standard InChI is InChI=1S/C24H27FN6O4/c1-29-9-11-30(12-10-29)24(34)15-3-8-21(35-2)18(13-15)27-23(33)19-14-20(22(26)32)31(28-19)17-6-4-16(25)5-7-17/h3-8,13,20H,9-12,14H2,1-2H3,(H2,26,32)(H,27,33). The van der Waals surface area contributed by atoms with Gasteiger partial charge in [0.1, 0.15) is 23.3 Å². The number of ether oxygens (including phenoxy) is 1. The van der Waals surface area contributed by atoms with E-state index >= 15 is 0 Å². The molecule has 2 aromatic rings. The third kappa shape index (κ3) is 5.24. The normalized spacial score (nSPS) is 18.3. The van der Waals surface area contributed by atoms with Crippen LogP contribution in [-0.2, 0) is 9.59 Å². The van der Waals surface area contributed by atoms with E-state index in [2.05, 4.69) is 15.3 Å². The van der Waals surface area contributed by atoms with Crippen molar-refractivity contribution >= 4 is 34.8 Å². The molecule has 0 bridgehead atoms. The van der Waals surface area contributed by atoms with E-state index in [0.29, 0.717) is 35.8 Å². The van der Waals surface area contributed by atoms with Crippen molar-refractivity contribution in [2.45, 2.75) is 12.5 Å². The van der Waals surface area contributed by atoms with Crippen LogP contribution in [-0.4, -0.2) is 79.6 Å². The Hall–Kier alpha value is -3.99. The second kappa shape index (κ2) is 10.1. The molecule has 1 atom stereocenters. The number of hydrazone groups is 1. The SMILES string of the molecule is COc1ccc(C(=O)N2CCN(C)CC2)cc1NC(=O)C1=NN(c2ccc(F)cc2)C(C(N)=O)C1. The van der Waals surface area contributed by atoms with Crippen LogP contribution in [0.3, 0.4) is 0 Å². The Labute approximate surface area is 202 Å². The van der Waals surface area contributed by atoms with E-state index in [0.717, 1.165) is 13.1 Å². The Morgan fingerprint density at radius 1 is 1.09 bits per heavy atom. The maximum absolute atomic E-state index is 13.3. The summed E-state index contributed by atoms with van der Waals surface area (Å²) in [6.45, 7) is 2.81. The number of hydrogen-bond donors (Lipinski definition) is 2. The molecule has 35 heavy (non-hydrogen) atoms. The van der Waals surface area contributed by atoms with E-state index in [1.54, 1.807) is 23.1 Å². The zero-order chi connectivity index (χ0) is 25.1. The number of likely N-dealkylation sites (N-methyl/N-ethyl adjacent to an activating group) is 1. The second-order valence-corrected chi connectivity index (χ2v) is 8.45. The summed E-state index contributed by atoms with van der Waals surface area (Å²) in [5.41, 5.74) is 6.74. The summed E-state index contributed by atoms with van der Waals surface area (Å²) in [5.74, 6) is -1.44. The molecule has 2 aliphatic rings. The Bertz CT molecular complexity index is 1160. The van der Waals surface area contributed by atoms with Gasteiger partial charge in [-0.05, 0) is 49.5 Å². The minimum atomic E-state index is -0.895. The maximum Gasteiger partial charge on any atom is 0.272 e. The molecule has 0 saturated carbocycles. The van der Waals surface area contributed by atoms with Crippen LogP contribution in [0.1, 0.15) is 16.8 Å². The van der Waals surface area contributed by atoms with Crippen LogP contribution >= 0.6 is 0 Å². The van der Waals surface area contributed by atoms with E-state index in [-0.39, 0.29) is 18.0 Å². The van der Waals surface area contributed by atoms with Crippen LogP contribution in [0.2, 0.25) is 0 Å². The van der Waals surface area contributed by atoms with Crippen molar-refractivity contribution in [3.8, 4) is 5.75 Å². The molecule has 0 spiro atoms. The van der Waals surface area contributed by atoms with Gasteiger partial charge in [0.15, 0.2) is 0 Å². The van der Waals surface area contributed by atoms with Crippen LogP contribution in [0.5, 0.6) is 5.75 Å². The van der Waals surface area contributed by atoms with Crippen LogP contribution in [0.4, 0.5) is 15.8 Å². The van der Waals surface area contributed by atoms with E-state index in [1.165, 1.54) is 36.4 Å². The summed E-state index contributed by atoms with van der Waals surface area (Å²) in [6.07, 6.45) is -0.0270. The first-order valence-electron chi connectivity index (χ1n) is 11.2. The average molecular weight is 483 g/mol. The van der Waals surface area contributed by atoms with E-state index in [9.17, 15) is 18.8 Å². The number of rotatable bonds is 6. The van der Waals surface area contributed by atoms with Gasteiger partial charge in [0.05, 0.1) is 18.5 Å². The fourth-order valence-electron chi connectivity index (χ4n) is 4.03. The molecular weight excluding hydrogens is 455 g/mol. The fraction of sp³-hybridized carbons (Fsp3) is 0.333. The van der Waals surface area contributed by atoms with Crippen LogP contribution in [0.15, 0.2) is 47.6 Å². The summed E-state index contributed by atoms with van der Waals surface area (Å²) in [7, 11) is 3.47. The van der Waals surface area contributed by atoms with E-state index in [1.807, 2.05) is 7.05 Å². The first-order chi connectivity index (χ1) is 16.8. The number of nitrogens with one attached hydrogen (secondary N) is 1. The molecule has 3 N–H and O–H groups in total. The lowest BCUT2D eigenvalue weighted by atomic mass is 10.1. The minimum Gasteiger partial charge on any atom is -0.495 e. The Kier molecular flexibility index (Phi) is 6.97. The highest BCUT2D eigenvalue weighted by atomic mass is 19.1. The van der Waals surface area contributed by atoms with Crippen molar-refractivity contribution in [1.29, 1.82) is 0 Å². The largest absolute Gasteiger partial charge is 0.495 e. The zero-order valence-electron chi connectivity index (χ0n) is 19.5. The number of anilines is 2. The summed E-state index contributed by atoms with van der Waals surface area (Å²) >= 11 is 0. The third-order valence-corrected chi connectivity index (χ3v) is 6.08. The van der Waals surface area contributed by atoms with Gasteiger partial charge >= 0.3 is 0 Å². The molecule has 10 nitrogen and oxygen atoms in total. The van der Waals surface area contributed by atoms with Crippen molar-refractivity contribution in [3.63, 3.8) is 0 Å². The number of halogens is 1. The van der Waals surface area contributed by atoms with Gasteiger partial charge in [-0.25, -0.2) is 4.39 Å². The van der Waals surface area contributed by atoms with Crippen molar-refractivity contribution in [2.75, 3.05) is 50.7 Å². The first-order valence-corrected chi connectivity index (χ1v) is 11.2. The van der Waals surface area contributed by atoms with Gasteiger partial charge in [-0.3, -0.25) is 19.4 Å². The number of methoxy groups -OCH3 is 1. The number of benzene rings is 2. The lowest BCUT2D eigenvalue weighted by Crippen LogP contribution is -2.47. The van der Waals surface area contributed by atoms with Gasteiger partial charge in [-0.15, -0.1) is 0 Å². The monoisotopic (exact) mass is 482 g/mol. The molecule has 0 radical (unpaired) electrons. The number of carbonyl (C=O) groups is 3. The number of nitrogens with two attached hydrogens (primary N) is 1. The smallest absolute Gasteiger partial charge is 0.272 e. The van der Waals surface area contributed by atoms with Crippen molar-refractivity contribution in [1.82, 2.24) is 9.80 Å². The zero-order valence-corrected chi connectivity index (χ0v) is 19.5. The van der Waals surface area contributed by atoms with Gasteiger partial charge in [0.25, 0.3) is 11.8 Å². The number of piperazine rings is 1. The number of nitrogens with zero attached hydrogens (tertiary/aromatic N) is 4. The average Bonchev–Trinajstić information content (AvgIpc) is 3.31. The molecule has 2 heterocycles. The molecule has 184 valence electrons. The Morgan fingerprint density at radius 2 is 1.77 bits per heavy atom. The topological polar surface area (TPSA) is 121 Å². The Balaban J connectivity index is 1.55. The van der Waals surface area contributed by atoms with Crippen molar-refractivity contribution < 1.29 is 23.5 Å². The van der Waals surface area contributed by atoms with Crippen molar-refractivity contribution in [3.05, 3.63) is 53.8 Å². The van der Waals surface area contributed by atoms with Crippen molar-refractivity contribution in [2.24, 2.45) is 10.8 Å². The quantitative estimate of drug-likeness (QED) is 0.640. The Morgan fingerprint density at radius 3 is 2.40 bits per heavy atom. The molecule has 4 rings (SSSR count). The predicted octanol–water partition coefficient (Wildman–Crippen LogP) is 1.28. The highest BCUT2D eigenvalue weighted by Gasteiger charge is 2.35. The predicted molar refractivity (Wildman–Crippen MR) is 129 cm³/mol. The molecule has 1 saturated heterocycles. The molecule has 1 unspecified atom stereocenters. The summed E-state index contributed by atoms with van der Waals surface area (Å²) in [6, 6.07) is 9.31. The van der Waals surface area contributed by atoms with Gasteiger partial charge in [-0.2, -0.15) is 5.10 Å². The summed E-state index contributed by atoms with van der Waals surface area (Å²) in [5, 5.41) is 8.32. The molecule has 0 aliphatic carbocycles. The van der Waals surface area contributed by atoms with Gasteiger partial charge < -0.3 is 25.6 Å². The number of hydrogen-bond acceptors (Lipinski definition) is 7. The molecule has 2 aromatic carbocycles. The van der Waals surface area contributed by atoms with Gasteiger partial charge in [0, 0.05) is 38.2 Å². The van der Waals surface area contributed by atoms with Crippen LogP contribution < -0.4 is 20.8 Å². The highest BCUT2D eigenvalue weighted by Crippen LogP contribution is 2.29. The lowest BCUT2D eigenvalue weighted by Gasteiger charge is -2.32. The second-order valence-electron chi connectivity index (χ2n) is 8.45. The third-order valence-electron chi connectivity index (χ3n) is 6.08. The molecule has 3 amide bonds. The maximum atomic E-state index is 13.3. The lowest BCUT2D eigenvalue weighted by molar-refractivity contribution is -0.119. The number of amides is 3.